The molecule has 5 nitrogen and oxygen atoms in total. The first kappa shape index (κ1) is 16.4. The summed E-state index contributed by atoms with van der Waals surface area (Å²) in [5, 5.41) is 6.20. The number of amides is 1. The van der Waals surface area contributed by atoms with E-state index in [4.69, 9.17) is 0 Å². The molecule has 4 aromatic rings. The average Bonchev–Trinajstić information content (AvgIpc) is 3.09. The maximum atomic E-state index is 12.1. The summed E-state index contributed by atoms with van der Waals surface area (Å²) in [6.45, 7) is 0. The Hall–Kier alpha value is -3.12. The van der Waals surface area contributed by atoms with Crippen LogP contribution in [0.4, 0.5) is 0 Å². The number of thioether (sulfide) groups is 1. The third-order valence-electron chi connectivity index (χ3n) is 3.97. The van der Waals surface area contributed by atoms with E-state index in [0.717, 1.165) is 32.3 Å². The topological polar surface area (TPSA) is 70.1 Å². The molecule has 2 aromatic carbocycles. The summed E-state index contributed by atoms with van der Waals surface area (Å²) in [6.07, 6.45) is 5.29. The molecule has 2 N–H and O–H groups in total. The number of nitrogens with one attached hydrogen (secondary N) is 2. The zero-order valence-corrected chi connectivity index (χ0v) is 14.7. The minimum atomic E-state index is -0.154. The number of carbonyl (C=O) groups is 1. The first-order valence-corrected chi connectivity index (χ1v) is 9.14. The van der Waals surface area contributed by atoms with Gasteiger partial charge in [-0.05, 0) is 18.2 Å². The Labute approximate surface area is 154 Å². The molecule has 0 saturated carbocycles. The monoisotopic (exact) mass is 360 g/mol. The number of pyridine rings is 1. The Kier molecular flexibility index (Phi) is 4.66. The molecule has 0 bridgehead atoms. The highest BCUT2D eigenvalue weighted by Crippen LogP contribution is 2.25. The molecule has 2 aromatic heterocycles. The summed E-state index contributed by atoms with van der Waals surface area (Å²) in [6, 6.07) is 17.8. The van der Waals surface area contributed by atoms with Crippen molar-refractivity contribution in [1.29, 1.82) is 0 Å². The molecule has 0 spiro atoms. The van der Waals surface area contributed by atoms with Crippen LogP contribution < -0.4 is 5.43 Å². The van der Waals surface area contributed by atoms with Crippen LogP contribution in [0.1, 0.15) is 5.56 Å². The Balaban J connectivity index is 1.38. The zero-order valence-electron chi connectivity index (χ0n) is 13.8. The first-order chi connectivity index (χ1) is 12.8. The summed E-state index contributed by atoms with van der Waals surface area (Å²) in [5.41, 5.74) is 5.47. The standard InChI is InChI=1S/C20H16N4OS/c25-19(13-26-18-9-3-5-14-6-4-10-21-20(14)18)24-23-12-15-11-22-17-8-2-1-7-16(15)17/h1-12,22H,13H2,(H,24,25)/b23-12+. The quantitative estimate of drug-likeness (QED) is 0.321. The molecule has 128 valence electrons. The largest absolute Gasteiger partial charge is 0.361 e. The summed E-state index contributed by atoms with van der Waals surface area (Å²) >= 11 is 1.45. The van der Waals surface area contributed by atoms with Gasteiger partial charge in [-0.1, -0.05) is 36.4 Å². The molecule has 0 aliphatic rings. The van der Waals surface area contributed by atoms with E-state index >= 15 is 0 Å². The third-order valence-corrected chi connectivity index (χ3v) is 5.02. The fourth-order valence-electron chi connectivity index (χ4n) is 2.74. The van der Waals surface area contributed by atoms with Gasteiger partial charge >= 0.3 is 0 Å². The molecule has 26 heavy (non-hydrogen) atoms. The average molecular weight is 360 g/mol. The SMILES string of the molecule is O=C(CSc1cccc2cccnc12)N/N=C/c1c[nH]c2ccccc12. The zero-order chi connectivity index (χ0) is 17.8. The third kappa shape index (κ3) is 3.45. The van der Waals surface area contributed by atoms with Crippen molar-refractivity contribution in [2.45, 2.75) is 4.90 Å². The van der Waals surface area contributed by atoms with Gasteiger partial charge in [-0.15, -0.1) is 11.8 Å². The van der Waals surface area contributed by atoms with E-state index in [2.05, 4.69) is 20.5 Å². The van der Waals surface area contributed by atoms with Crippen LogP contribution in [0.15, 0.2) is 77.0 Å². The molecule has 0 fully saturated rings. The number of aromatic nitrogens is 2. The second-order valence-electron chi connectivity index (χ2n) is 5.70. The molecule has 6 heteroatoms. The fraction of sp³-hybridized carbons (Fsp3) is 0.0500. The van der Waals surface area contributed by atoms with Gasteiger partial charge in [0.2, 0.25) is 5.91 Å². The molecule has 0 saturated heterocycles. The molecule has 0 aliphatic heterocycles. The van der Waals surface area contributed by atoms with Crippen molar-refractivity contribution in [1.82, 2.24) is 15.4 Å². The van der Waals surface area contributed by atoms with Crippen molar-refractivity contribution < 1.29 is 4.79 Å². The van der Waals surface area contributed by atoms with E-state index in [1.165, 1.54) is 11.8 Å². The van der Waals surface area contributed by atoms with Crippen LogP contribution in [-0.2, 0) is 4.79 Å². The molecule has 0 atom stereocenters. The smallest absolute Gasteiger partial charge is 0.250 e. The van der Waals surface area contributed by atoms with Crippen LogP contribution in [0.5, 0.6) is 0 Å². The Bertz CT molecular complexity index is 1100. The minimum Gasteiger partial charge on any atom is -0.361 e. The summed E-state index contributed by atoms with van der Waals surface area (Å²) in [4.78, 5) is 20.6. The second-order valence-corrected chi connectivity index (χ2v) is 6.72. The van der Waals surface area contributed by atoms with Crippen molar-refractivity contribution >= 4 is 45.7 Å². The van der Waals surface area contributed by atoms with E-state index in [-0.39, 0.29) is 11.7 Å². The van der Waals surface area contributed by atoms with Crippen molar-refractivity contribution in [2.24, 2.45) is 5.10 Å². The van der Waals surface area contributed by atoms with E-state index < -0.39 is 0 Å². The number of rotatable bonds is 5. The highest BCUT2D eigenvalue weighted by atomic mass is 32.2. The number of carbonyl (C=O) groups excluding carboxylic acids is 1. The van der Waals surface area contributed by atoms with Crippen LogP contribution >= 0.6 is 11.8 Å². The van der Waals surface area contributed by atoms with Crippen LogP contribution in [-0.4, -0.2) is 27.8 Å². The molecule has 1 amide bonds. The van der Waals surface area contributed by atoms with Gasteiger partial charge in [0.15, 0.2) is 0 Å². The number of benzene rings is 2. The Morgan fingerprint density at radius 3 is 3.00 bits per heavy atom. The van der Waals surface area contributed by atoms with Crippen LogP contribution in [0.3, 0.4) is 0 Å². The lowest BCUT2D eigenvalue weighted by Crippen LogP contribution is -2.19. The Morgan fingerprint density at radius 1 is 1.15 bits per heavy atom. The maximum absolute atomic E-state index is 12.1. The van der Waals surface area contributed by atoms with Crippen molar-refractivity contribution in [3.8, 4) is 0 Å². The summed E-state index contributed by atoms with van der Waals surface area (Å²) in [5.74, 6) is 0.125. The van der Waals surface area contributed by atoms with Gasteiger partial charge in [0.25, 0.3) is 0 Å². The Morgan fingerprint density at radius 2 is 2.04 bits per heavy atom. The second kappa shape index (κ2) is 7.41. The molecule has 0 unspecified atom stereocenters. The molecule has 4 rings (SSSR count). The van der Waals surface area contributed by atoms with Gasteiger partial charge in [0.05, 0.1) is 17.5 Å². The lowest BCUT2D eigenvalue weighted by Gasteiger charge is -2.04. The molecular weight excluding hydrogens is 344 g/mol. The van der Waals surface area contributed by atoms with Gasteiger partial charge in [0.1, 0.15) is 0 Å². The number of aromatic amines is 1. The summed E-state index contributed by atoms with van der Waals surface area (Å²) < 4.78 is 0. The molecular formula is C20H16N4OS. The van der Waals surface area contributed by atoms with E-state index in [1.807, 2.05) is 60.8 Å². The predicted molar refractivity (Wildman–Crippen MR) is 107 cm³/mol. The molecule has 0 aliphatic carbocycles. The van der Waals surface area contributed by atoms with Gasteiger partial charge in [0, 0.05) is 39.1 Å². The van der Waals surface area contributed by atoms with Gasteiger partial charge in [-0.3, -0.25) is 9.78 Å². The lowest BCUT2D eigenvalue weighted by molar-refractivity contribution is -0.118. The number of H-pyrrole nitrogens is 1. The van der Waals surface area contributed by atoms with Crippen LogP contribution in [0, 0.1) is 0 Å². The summed E-state index contributed by atoms with van der Waals surface area (Å²) in [7, 11) is 0. The number of hydrazone groups is 1. The van der Waals surface area contributed by atoms with Crippen molar-refractivity contribution in [2.75, 3.05) is 5.75 Å². The number of para-hydroxylation sites is 2. The van der Waals surface area contributed by atoms with E-state index in [0.29, 0.717) is 0 Å². The van der Waals surface area contributed by atoms with Crippen LogP contribution in [0.2, 0.25) is 0 Å². The maximum Gasteiger partial charge on any atom is 0.250 e. The number of fused-ring (bicyclic) bond motifs is 2. The van der Waals surface area contributed by atoms with Crippen molar-refractivity contribution in [3.63, 3.8) is 0 Å². The van der Waals surface area contributed by atoms with Gasteiger partial charge in [-0.25, -0.2) is 5.43 Å². The molecule has 2 heterocycles. The lowest BCUT2D eigenvalue weighted by atomic mass is 10.2. The number of nitrogens with zero attached hydrogens (tertiary/aromatic N) is 2. The van der Waals surface area contributed by atoms with Gasteiger partial charge < -0.3 is 4.98 Å². The minimum absolute atomic E-state index is 0.154. The number of hydrogen-bond acceptors (Lipinski definition) is 4. The highest BCUT2D eigenvalue weighted by molar-refractivity contribution is 8.00. The van der Waals surface area contributed by atoms with Crippen molar-refractivity contribution in [3.05, 3.63) is 72.6 Å². The predicted octanol–water partition coefficient (Wildman–Crippen LogP) is 3.96. The van der Waals surface area contributed by atoms with E-state index in [1.54, 1.807) is 12.4 Å². The molecule has 0 radical (unpaired) electrons. The first-order valence-electron chi connectivity index (χ1n) is 8.16. The van der Waals surface area contributed by atoms with Crippen LogP contribution in [0.25, 0.3) is 21.8 Å². The fourth-order valence-corrected chi connectivity index (χ4v) is 3.58. The number of hydrogen-bond donors (Lipinski definition) is 2. The normalized spacial score (nSPS) is 11.4. The van der Waals surface area contributed by atoms with E-state index in [9.17, 15) is 4.79 Å². The highest BCUT2D eigenvalue weighted by Gasteiger charge is 2.06. The van der Waals surface area contributed by atoms with Gasteiger partial charge in [-0.2, -0.15) is 5.10 Å².